The number of rotatable bonds is 8. The van der Waals surface area contributed by atoms with Crippen LogP contribution in [0.2, 0.25) is 0 Å². The summed E-state index contributed by atoms with van der Waals surface area (Å²) in [7, 11) is 1.61. The van der Waals surface area contributed by atoms with Crippen LogP contribution in [0.5, 0.6) is 0 Å². The topological polar surface area (TPSA) is 178 Å². The molecule has 0 saturated heterocycles. The quantitative estimate of drug-likeness (QED) is 0.166. The second kappa shape index (κ2) is 15.0. The van der Waals surface area contributed by atoms with E-state index < -0.39 is 29.4 Å². The first-order chi connectivity index (χ1) is 21.1. The molecule has 2 amide bonds. The van der Waals surface area contributed by atoms with Crippen molar-refractivity contribution in [1.82, 2.24) is 25.2 Å². The van der Waals surface area contributed by atoms with E-state index in [0.29, 0.717) is 30.5 Å². The number of nitrogens with two attached hydrogens (primary N) is 1. The Hall–Kier alpha value is -5.14. The molecule has 1 aliphatic rings. The van der Waals surface area contributed by atoms with E-state index in [1.807, 2.05) is 19.1 Å². The molecule has 0 radical (unpaired) electrons. The lowest BCUT2D eigenvalue weighted by Crippen LogP contribution is -2.29. The lowest BCUT2D eigenvalue weighted by Gasteiger charge is -2.16. The van der Waals surface area contributed by atoms with Gasteiger partial charge in [-0.25, -0.2) is 23.5 Å². The molecular weight excluding hydrogens is 607 g/mol. The third-order valence-corrected chi connectivity index (χ3v) is 7.08. The minimum Gasteiger partial charge on any atom is -0.477 e. The minimum absolute atomic E-state index is 0. The first-order valence-corrected chi connectivity index (χ1v) is 13.6. The number of carboxylic acid groups (broad SMARTS) is 1. The molecule has 0 saturated carbocycles. The van der Waals surface area contributed by atoms with Gasteiger partial charge < -0.3 is 26.2 Å². The number of benzene rings is 2. The average Bonchev–Trinajstić information content (AvgIpc) is 3.62. The molecule has 5 N–H and O–H groups in total. The van der Waals surface area contributed by atoms with Gasteiger partial charge in [0, 0.05) is 25.2 Å². The summed E-state index contributed by atoms with van der Waals surface area (Å²) in [5.41, 5.74) is 9.12. The fraction of sp³-hybridized carbons (Fsp3) is 0.226. The molecule has 4 aromatic rings. The largest absolute Gasteiger partial charge is 0.477 e. The van der Waals surface area contributed by atoms with Gasteiger partial charge in [-0.05, 0) is 60.2 Å². The van der Waals surface area contributed by atoms with Gasteiger partial charge in [0.2, 0.25) is 0 Å². The number of carboxylic acids is 1. The van der Waals surface area contributed by atoms with E-state index in [-0.39, 0.29) is 42.3 Å². The van der Waals surface area contributed by atoms with Gasteiger partial charge in [0.05, 0.1) is 17.8 Å². The molecule has 0 spiro atoms. The Morgan fingerprint density at radius 3 is 2.62 bits per heavy atom. The molecule has 0 bridgehead atoms. The number of aromatic carboxylic acids is 1. The molecule has 0 aliphatic heterocycles. The van der Waals surface area contributed by atoms with Gasteiger partial charge in [0.1, 0.15) is 12.3 Å². The zero-order chi connectivity index (χ0) is 32.0. The van der Waals surface area contributed by atoms with Crippen LogP contribution in [0.1, 0.15) is 76.4 Å². The summed E-state index contributed by atoms with van der Waals surface area (Å²) < 4.78 is 20.0. The molecule has 14 heteroatoms. The van der Waals surface area contributed by atoms with Crippen molar-refractivity contribution in [3.8, 4) is 0 Å². The first kappa shape index (κ1) is 34.4. The van der Waals surface area contributed by atoms with Gasteiger partial charge in [0.15, 0.2) is 17.2 Å². The predicted octanol–water partition coefficient (Wildman–Crippen LogP) is 3.56. The van der Waals surface area contributed by atoms with E-state index in [4.69, 9.17) is 10.5 Å². The van der Waals surface area contributed by atoms with Gasteiger partial charge in [-0.1, -0.05) is 30.9 Å². The lowest BCUT2D eigenvalue weighted by molar-refractivity contribution is 0.0547. The summed E-state index contributed by atoms with van der Waals surface area (Å²) in [6.07, 6.45) is 3.58. The number of nitrogens with zero attached hydrogens (tertiary/aromatic N) is 3. The second-order valence-electron chi connectivity index (χ2n) is 9.80. The van der Waals surface area contributed by atoms with E-state index in [2.05, 4.69) is 27.3 Å². The Morgan fingerprint density at radius 2 is 1.96 bits per heavy atom. The van der Waals surface area contributed by atoms with Gasteiger partial charge in [-0.3, -0.25) is 9.59 Å². The zero-order valence-corrected chi connectivity index (χ0v) is 25.3. The van der Waals surface area contributed by atoms with Crippen LogP contribution < -0.4 is 16.4 Å². The van der Waals surface area contributed by atoms with Gasteiger partial charge in [-0.2, -0.15) is 5.10 Å². The third kappa shape index (κ3) is 7.51. The van der Waals surface area contributed by atoms with Crippen LogP contribution in [-0.2, 0) is 17.7 Å². The van der Waals surface area contributed by atoms with Crippen LogP contribution in [0.4, 0.5) is 4.39 Å². The summed E-state index contributed by atoms with van der Waals surface area (Å²) in [5, 5.41) is 18.5. The van der Waals surface area contributed by atoms with Crippen LogP contribution in [0.3, 0.4) is 0 Å². The molecule has 45 heavy (non-hydrogen) atoms. The molecular formula is C31H32ClFN6O6. The number of esters is 1. The molecule has 1 atom stereocenters. The highest BCUT2D eigenvalue weighted by Gasteiger charge is 2.29. The van der Waals surface area contributed by atoms with E-state index in [0.717, 1.165) is 39.0 Å². The number of carbonyl (C=O) groups excluding carboxylic acids is 3. The summed E-state index contributed by atoms with van der Waals surface area (Å²) in [5.74, 6) is -3.36. The molecule has 5 rings (SSSR count). The van der Waals surface area contributed by atoms with E-state index >= 15 is 0 Å². The second-order valence-corrected chi connectivity index (χ2v) is 9.80. The predicted molar refractivity (Wildman–Crippen MR) is 165 cm³/mol. The van der Waals surface area contributed by atoms with Crippen LogP contribution in [0.15, 0.2) is 61.3 Å². The Balaban J connectivity index is 0.000000359. The smallest absolute Gasteiger partial charge is 0.354 e. The highest BCUT2D eigenvalue weighted by molar-refractivity contribution is 5.97. The average molecular weight is 639 g/mol. The number of halogens is 2. The maximum Gasteiger partial charge on any atom is 0.354 e. The SMILES string of the molecule is C=CCOC(=O)c1ccc2c(c1C)CC[C@@H]2NC(=O)c1cc(C(=O)O)nc2c(F)cnn12.CNC(=O)c1cccc(CN)c1.Cl. The van der Waals surface area contributed by atoms with E-state index in [9.17, 15) is 28.7 Å². The molecule has 0 unspecified atom stereocenters. The van der Waals surface area contributed by atoms with Gasteiger partial charge in [-0.15, -0.1) is 12.4 Å². The van der Waals surface area contributed by atoms with E-state index in [1.165, 1.54) is 6.08 Å². The number of nitrogens with one attached hydrogen (secondary N) is 2. The highest BCUT2D eigenvalue weighted by Crippen LogP contribution is 2.35. The van der Waals surface area contributed by atoms with Crippen LogP contribution in [0.25, 0.3) is 5.65 Å². The van der Waals surface area contributed by atoms with Crippen molar-refractivity contribution < 1.29 is 33.4 Å². The maximum absolute atomic E-state index is 13.9. The Morgan fingerprint density at radius 1 is 1.20 bits per heavy atom. The Bertz CT molecular complexity index is 1780. The number of aromatic nitrogens is 3. The molecule has 2 aromatic heterocycles. The fourth-order valence-corrected chi connectivity index (χ4v) is 4.89. The number of hydrogen-bond donors (Lipinski definition) is 4. The molecule has 236 valence electrons. The summed E-state index contributed by atoms with van der Waals surface area (Å²) >= 11 is 0. The lowest BCUT2D eigenvalue weighted by atomic mass is 9.98. The summed E-state index contributed by atoms with van der Waals surface area (Å²) in [6, 6.07) is 11.4. The molecule has 2 heterocycles. The first-order valence-electron chi connectivity index (χ1n) is 13.6. The van der Waals surface area contributed by atoms with Crippen LogP contribution >= 0.6 is 12.4 Å². The van der Waals surface area contributed by atoms with Gasteiger partial charge >= 0.3 is 11.9 Å². The number of fused-ring (bicyclic) bond motifs is 2. The third-order valence-electron chi connectivity index (χ3n) is 7.08. The van der Waals surface area contributed by atoms with Crippen molar-refractivity contribution in [2.45, 2.75) is 32.4 Å². The number of hydrogen-bond acceptors (Lipinski definition) is 8. The molecule has 1 aliphatic carbocycles. The number of amides is 2. The van der Waals surface area contributed by atoms with Crippen LogP contribution in [0, 0.1) is 12.7 Å². The monoisotopic (exact) mass is 638 g/mol. The zero-order valence-electron chi connectivity index (χ0n) is 24.5. The van der Waals surface area contributed by atoms with E-state index in [1.54, 1.807) is 31.3 Å². The normalized spacial score (nSPS) is 13.0. The van der Waals surface area contributed by atoms with Crippen molar-refractivity contribution in [2.75, 3.05) is 13.7 Å². The van der Waals surface area contributed by atoms with Crippen molar-refractivity contribution in [3.05, 3.63) is 112 Å². The van der Waals surface area contributed by atoms with Gasteiger partial charge in [0.25, 0.3) is 11.8 Å². The Kier molecular flexibility index (Phi) is 11.5. The molecule has 12 nitrogen and oxygen atoms in total. The van der Waals surface area contributed by atoms with Crippen molar-refractivity contribution in [2.24, 2.45) is 5.73 Å². The molecule has 0 fully saturated rings. The standard InChI is InChI=1S/C22H19FN4O5.C9H12N2O.ClH/c1-3-8-32-22(31)13-4-5-14-12(11(13)2)6-7-16(14)26-20(28)18-9-17(21(29)30)25-19-15(23)10-24-27(18)19;1-11-9(12)8-4-2-3-7(5-8)6-10;/h3-5,9-10,16H,1,6-8H2,2H3,(H,26,28)(H,29,30);2-5H,6,10H2,1H3,(H,11,12);1H/t16-;;/m0../s1. The van der Waals surface area contributed by atoms with Crippen LogP contribution in [-0.4, -0.2) is 57.1 Å². The fourth-order valence-electron chi connectivity index (χ4n) is 4.89. The van der Waals surface area contributed by atoms with Crippen molar-refractivity contribution in [1.29, 1.82) is 0 Å². The van der Waals surface area contributed by atoms with Crippen molar-refractivity contribution in [3.63, 3.8) is 0 Å². The summed E-state index contributed by atoms with van der Waals surface area (Å²) in [4.78, 5) is 51.4. The van der Waals surface area contributed by atoms with Crippen molar-refractivity contribution >= 4 is 41.8 Å². The Labute approximate surface area is 263 Å². The minimum atomic E-state index is -1.39. The summed E-state index contributed by atoms with van der Waals surface area (Å²) in [6.45, 7) is 5.92. The highest BCUT2D eigenvalue weighted by atomic mass is 35.5. The number of carbonyl (C=O) groups is 4. The maximum atomic E-state index is 13.9. The number of ether oxygens (including phenoxy) is 1. The molecule has 2 aromatic carbocycles.